The van der Waals surface area contributed by atoms with Crippen molar-refractivity contribution in [1.82, 2.24) is 5.32 Å². The quantitative estimate of drug-likeness (QED) is 0.752. The number of nitrogens with one attached hydrogen (secondary N) is 2. The van der Waals surface area contributed by atoms with Crippen LogP contribution in [0.2, 0.25) is 0 Å². The normalized spacial score (nSPS) is 12.0. The van der Waals surface area contributed by atoms with Crippen molar-refractivity contribution in [1.29, 1.82) is 0 Å². The zero-order valence-electron chi connectivity index (χ0n) is 10.5. The number of carbonyl (C=O) groups is 1. The molecule has 1 aromatic carbocycles. The molecular weight excluding hydrogens is 274 g/mol. The summed E-state index contributed by atoms with van der Waals surface area (Å²) in [7, 11) is 0. The van der Waals surface area contributed by atoms with E-state index >= 15 is 0 Å². The molecule has 4 nitrogen and oxygen atoms in total. The predicted molar refractivity (Wildman–Crippen MR) is 72.4 cm³/mol. The topological polar surface area (TPSA) is 61.4 Å². The van der Waals surface area contributed by atoms with Crippen LogP contribution in [0.25, 0.3) is 0 Å². The van der Waals surface area contributed by atoms with Gasteiger partial charge in [-0.05, 0) is 24.8 Å². The van der Waals surface area contributed by atoms with Crippen LogP contribution in [0.1, 0.15) is 6.42 Å². The summed E-state index contributed by atoms with van der Waals surface area (Å²) < 4.78 is 26.6. The highest BCUT2D eigenvalue weighted by atomic mass is 32.2. The molecule has 0 radical (unpaired) electrons. The van der Waals surface area contributed by atoms with Gasteiger partial charge in [-0.2, -0.15) is 11.8 Å². The molecule has 7 heteroatoms. The van der Waals surface area contributed by atoms with Crippen LogP contribution >= 0.6 is 11.8 Å². The molecule has 106 valence electrons. The van der Waals surface area contributed by atoms with E-state index in [4.69, 9.17) is 5.11 Å². The third kappa shape index (κ3) is 5.04. The fourth-order valence-corrected chi connectivity index (χ4v) is 2.16. The molecule has 0 fully saturated rings. The Morgan fingerprint density at radius 2 is 2.05 bits per heavy atom. The minimum atomic E-state index is -0.835. The van der Waals surface area contributed by atoms with Gasteiger partial charge >= 0.3 is 6.03 Å². The highest BCUT2D eigenvalue weighted by Gasteiger charge is 2.15. The molecule has 0 bridgehead atoms. The fraction of sp³-hybridized carbons (Fsp3) is 0.417. The van der Waals surface area contributed by atoms with Crippen LogP contribution in [-0.4, -0.2) is 35.8 Å². The van der Waals surface area contributed by atoms with E-state index < -0.39 is 23.4 Å². The van der Waals surface area contributed by atoms with Gasteiger partial charge in [0.05, 0.1) is 0 Å². The number of aliphatic hydroxyl groups excluding tert-OH is 1. The standard InChI is InChI=1S/C12H16F2N2O2S/c1-19-7-8(5-6-17)15-12(18)16-11-9(13)3-2-4-10(11)14/h2-4,8,17H,5-7H2,1H3,(H2,15,16,18)/t8-/m0/s1. The molecule has 0 unspecified atom stereocenters. The van der Waals surface area contributed by atoms with Gasteiger partial charge in [-0.25, -0.2) is 13.6 Å². The molecule has 3 N–H and O–H groups in total. The van der Waals surface area contributed by atoms with Crippen molar-refractivity contribution in [3.63, 3.8) is 0 Å². The molecule has 0 saturated heterocycles. The Bertz CT molecular complexity index is 406. The van der Waals surface area contributed by atoms with E-state index in [0.29, 0.717) is 12.2 Å². The van der Waals surface area contributed by atoms with Gasteiger partial charge in [-0.1, -0.05) is 6.07 Å². The summed E-state index contributed by atoms with van der Waals surface area (Å²) in [6, 6.07) is 2.39. The first-order valence-corrected chi connectivity index (χ1v) is 7.09. The third-order valence-electron chi connectivity index (χ3n) is 2.38. The molecule has 0 saturated carbocycles. The fourth-order valence-electron chi connectivity index (χ4n) is 1.51. The van der Waals surface area contributed by atoms with E-state index in [1.807, 2.05) is 6.26 Å². The van der Waals surface area contributed by atoms with Crippen molar-refractivity contribution in [2.24, 2.45) is 0 Å². The van der Waals surface area contributed by atoms with Gasteiger partial charge in [0.25, 0.3) is 0 Å². The zero-order valence-corrected chi connectivity index (χ0v) is 11.3. The van der Waals surface area contributed by atoms with E-state index in [2.05, 4.69) is 10.6 Å². The van der Waals surface area contributed by atoms with Gasteiger partial charge < -0.3 is 15.7 Å². The Balaban J connectivity index is 2.63. The molecule has 1 atom stereocenters. The van der Waals surface area contributed by atoms with E-state index in [9.17, 15) is 13.6 Å². The van der Waals surface area contributed by atoms with Crippen LogP contribution in [0.4, 0.5) is 19.3 Å². The number of rotatable bonds is 6. The van der Waals surface area contributed by atoms with E-state index in [1.54, 1.807) is 0 Å². The largest absolute Gasteiger partial charge is 0.396 e. The molecule has 19 heavy (non-hydrogen) atoms. The lowest BCUT2D eigenvalue weighted by molar-refractivity contribution is 0.241. The van der Waals surface area contributed by atoms with Crippen LogP contribution in [-0.2, 0) is 0 Å². The highest BCUT2D eigenvalue weighted by Crippen LogP contribution is 2.17. The minimum Gasteiger partial charge on any atom is -0.396 e. The minimum absolute atomic E-state index is 0.0699. The number of halogens is 2. The molecule has 0 spiro atoms. The Labute approximate surface area is 114 Å². The number of hydrogen-bond donors (Lipinski definition) is 3. The number of benzene rings is 1. The van der Waals surface area contributed by atoms with Crippen molar-refractivity contribution < 1.29 is 18.7 Å². The summed E-state index contributed by atoms with van der Waals surface area (Å²) >= 11 is 1.50. The van der Waals surface area contributed by atoms with E-state index in [1.165, 1.54) is 17.8 Å². The first-order chi connectivity index (χ1) is 9.08. The Hall–Kier alpha value is -1.34. The SMILES string of the molecule is CSC[C@H](CCO)NC(=O)Nc1c(F)cccc1F. The van der Waals surface area contributed by atoms with Crippen LogP contribution < -0.4 is 10.6 Å². The number of thioether (sulfide) groups is 1. The van der Waals surface area contributed by atoms with Crippen LogP contribution in [0.3, 0.4) is 0 Å². The highest BCUT2D eigenvalue weighted by molar-refractivity contribution is 7.98. The number of anilines is 1. The summed E-state index contributed by atoms with van der Waals surface area (Å²) in [5.41, 5.74) is -0.480. The van der Waals surface area contributed by atoms with Crippen molar-refractivity contribution in [2.75, 3.05) is 23.9 Å². The molecule has 0 heterocycles. The molecular formula is C12H16F2N2O2S. The van der Waals surface area contributed by atoms with Gasteiger partial charge in [0.2, 0.25) is 0 Å². The first kappa shape index (κ1) is 15.7. The number of para-hydroxylation sites is 1. The Morgan fingerprint density at radius 3 is 2.58 bits per heavy atom. The van der Waals surface area contributed by atoms with Crippen molar-refractivity contribution in [2.45, 2.75) is 12.5 Å². The van der Waals surface area contributed by atoms with Crippen LogP contribution in [0.15, 0.2) is 18.2 Å². The summed E-state index contributed by atoms with van der Waals surface area (Å²) in [6.45, 7) is -0.0699. The molecule has 1 rings (SSSR count). The third-order valence-corrected chi connectivity index (χ3v) is 3.12. The molecule has 0 aromatic heterocycles. The van der Waals surface area contributed by atoms with E-state index in [-0.39, 0.29) is 12.6 Å². The lowest BCUT2D eigenvalue weighted by Gasteiger charge is -2.17. The van der Waals surface area contributed by atoms with Gasteiger partial charge in [0, 0.05) is 18.4 Å². The lowest BCUT2D eigenvalue weighted by atomic mass is 10.2. The molecule has 1 aromatic rings. The lowest BCUT2D eigenvalue weighted by Crippen LogP contribution is -2.40. The van der Waals surface area contributed by atoms with Crippen molar-refractivity contribution in [3.05, 3.63) is 29.8 Å². The Morgan fingerprint density at radius 1 is 1.42 bits per heavy atom. The second-order valence-electron chi connectivity index (χ2n) is 3.86. The zero-order chi connectivity index (χ0) is 14.3. The van der Waals surface area contributed by atoms with Gasteiger partial charge in [-0.3, -0.25) is 0 Å². The first-order valence-electron chi connectivity index (χ1n) is 5.69. The van der Waals surface area contributed by atoms with Gasteiger partial charge in [0.15, 0.2) is 0 Å². The number of amides is 2. The maximum absolute atomic E-state index is 13.3. The Kier molecular flexibility index (Phi) is 6.58. The summed E-state index contributed by atoms with van der Waals surface area (Å²) in [4.78, 5) is 11.6. The second kappa shape index (κ2) is 7.96. The van der Waals surface area contributed by atoms with Crippen LogP contribution in [0, 0.1) is 11.6 Å². The number of urea groups is 1. The van der Waals surface area contributed by atoms with E-state index in [0.717, 1.165) is 12.1 Å². The monoisotopic (exact) mass is 290 g/mol. The average molecular weight is 290 g/mol. The summed E-state index contributed by atoms with van der Waals surface area (Å²) in [5, 5.41) is 13.5. The number of aliphatic hydroxyl groups is 1. The molecule has 0 aliphatic rings. The van der Waals surface area contributed by atoms with Gasteiger partial charge in [-0.15, -0.1) is 0 Å². The smallest absolute Gasteiger partial charge is 0.319 e. The number of hydrogen-bond acceptors (Lipinski definition) is 3. The molecule has 0 aliphatic carbocycles. The summed E-state index contributed by atoms with van der Waals surface area (Å²) in [6.07, 6.45) is 2.24. The molecule has 0 aliphatic heterocycles. The maximum Gasteiger partial charge on any atom is 0.319 e. The second-order valence-corrected chi connectivity index (χ2v) is 4.77. The van der Waals surface area contributed by atoms with Crippen LogP contribution in [0.5, 0.6) is 0 Å². The van der Waals surface area contributed by atoms with Gasteiger partial charge in [0.1, 0.15) is 17.3 Å². The number of carbonyl (C=O) groups excluding carboxylic acids is 1. The average Bonchev–Trinajstić information content (AvgIpc) is 2.35. The molecule has 2 amide bonds. The van der Waals surface area contributed by atoms with Crippen molar-refractivity contribution >= 4 is 23.5 Å². The maximum atomic E-state index is 13.3. The predicted octanol–water partition coefficient (Wildman–Crippen LogP) is 2.20. The van der Waals surface area contributed by atoms with Crippen molar-refractivity contribution in [3.8, 4) is 0 Å². The summed E-state index contributed by atoms with van der Waals surface area (Å²) in [5.74, 6) is -1.06.